The quantitative estimate of drug-likeness (QED) is 0.600. The minimum Gasteiger partial charge on any atom is -0.245 e. The molecule has 2 aromatic rings. The molecule has 0 saturated carbocycles. The van der Waals surface area contributed by atoms with Crippen LogP contribution >= 0.6 is 31.9 Å². The summed E-state index contributed by atoms with van der Waals surface area (Å²) in [6.07, 6.45) is 2.38. The predicted molar refractivity (Wildman–Crippen MR) is 101 cm³/mol. The van der Waals surface area contributed by atoms with Crippen molar-refractivity contribution < 1.29 is 16.8 Å². The smallest absolute Gasteiger partial charge is 0.153 e. The fraction of sp³-hybridized carbons (Fsp3) is 0.286. The molecule has 2 rings (SSSR count). The number of sulfone groups is 2. The average molecular weight is 500 g/mol. The van der Waals surface area contributed by atoms with Gasteiger partial charge in [0.2, 0.25) is 0 Å². The maximum atomic E-state index is 10.9. The molecule has 0 atom stereocenters. The van der Waals surface area contributed by atoms with Gasteiger partial charge in [-0.05, 0) is 56.1 Å². The molecule has 0 amide bonds. The van der Waals surface area contributed by atoms with Gasteiger partial charge in [-0.2, -0.15) is 0 Å². The monoisotopic (exact) mass is 498 g/mol. The van der Waals surface area contributed by atoms with Crippen LogP contribution in [0.1, 0.15) is 11.4 Å². The molecule has 0 saturated heterocycles. The van der Waals surface area contributed by atoms with Gasteiger partial charge in [-0.1, -0.05) is 12.1 Å². The van der Waals surface area contributed by atoms with Crippen LogP contribution in [-0.2, 0) is 31.2 Å². The van der Waals surface area contributed by atoms with Crippen LogP contribution in [0, 0.1) is 0 Å². The highest BCUT2D eigenvalue weighted by Crippen LogP contribution is 2.09. The normalized spacial score (nSPS) is 11.5. The molecular weight excluding hydrogens is 484 g/mol. The molecule has 0 radical (unpaired) electrons. The fourth-order valence-corrected chi connectivity index (χ4v) is 3.76. The van der Waals surface area contributed by atoms with Gasteiger partial charge in [-0.3, -0.25) is 0 Å². The zero-order chi connectivity index (χ0) is 18.4. The third kappa shape index (κ3) is 10.1. The minimum absolute atomic E-state index is 0.00750. The summed E-state index contributed by atoms with van der Waals surface area (Å²) in [6, 6.07) is 10.4. The van der Waals surface area contributed by atoms with Crippen LogP contribution in [0.2, 0.25) is 0 Å². The zero-order valence-corrected chi connectivity index (χ0v) is 17.8. The summed E-state index contributed by atoms with van der Waals surface area (Å²) in [7, 11) is -5.95. The Morgan fingerprint density at radius 2 is 1.08 bits per heavy atom. The summed E-state index contributed by atoms with van der Waals surface area (Å²) in [5.41, 5.74) is 1.12. The Balaban J connectivity index is 0.000000240. The van der Waals surface area contributed by atoms with E-state index in [4.69, 9.17) is 0 Å². The van der Waals surface area contributed by atoms with Gasteiger partial charge < -0.3 is 0 Å². The van der Waals surface area contributed by atoms with Gasteiger partial charge in [0, 0.05) is 12.5 Å². The fourth-order valence-electron chi connectivity index (χ4n) is 1.60. The molecule has 2 heterocycles. The van der Waals surface area contributed by atoms with Gasteiger partial charge in [-0.25, -0.2) is 26.8 Å². The summed E-state index contributed by atoms with van der Waals surface area (Å²) in [6.45, 7) is 0. The van der Waals surface area contributed by atoms with Crippen LogP contribution in [-0.4, -0.2) is 39.3 Å². The Kier molecular flexibility index (Phi) is 7.97. The standard InChI is InChI=1S/2C7H8BrNO2S/c2*1-12(10,11)5-6-3-2-4-7(8)9-6/h2*2-4H,5H2,1H3. The summed E-state index contributed by atoms with van der Waals surface area (Å²) in [5, 5.41) is 0. The molecule has 0 spiro atoms. The van der Waals surface area contributed by atoms with Crippen molar-refractivity contribution in [1.29, 1.82) is 0 Å². The summed E-state index contributed by atoms with van der Waals surface area (Å²) >= 11 is 6.33. The highest BCUT2D eigenvalue weighted by Gasteiger charge is 2.05. The van der Waals surface area contributed by atoms with Gasteiger partial charge in [-0.15, -0.1) is 0 Å². The number of halogens is 2. The number of nitrogens with zero attached hydrogens (tertiary/aromatic N) is 2. The Bertz CT molecular complexity index is 825. The van der Waals surface area contributed by atoms with Crippen LogP contribution < -0.4 is 0 Å². The molecule has 6 nitrogen and oxygen atoms in total. The molecular formula is C14H16Br2N2O4S2. The number of hydrogen-bond donors (Lipinski definition) is 0. The zero-order valence-electron chi connectivity index (χ0n) is 13.0. The molecule has 0 aromatic carbocycles. The van der Waals surface area contributed by atoms with Crippen LogP contribution in [0.25, 0.3) is 0 Å². The van der Waals surface area contributed by atoms with Crippen molar-refractivity contribution in [1.82, 2.24) is 9.97 Å². The Morgan fingerprint density at radius 3 is 1.33 bits per heavy atom. The first-order valence-corrected chi connectivity index (χ1v) is 12.2. The molecule has 0 bridgehead atoms. The van der Waals surface area contributed by atoms with E-state index in [0.717, 1.165) is 0 Å². The van der Waals surface area contributed by atoms with Crippen molar-refractivity contribution in [3.63, 3.8) is 0 Å². The summed E-state index contributed by atoms with van der Waals surface area (Å²) in [5.74, 6) is -0.0150. The van der Waals surface area contributed by atoms with Crippen LogP contribution in [0.4, 0.5) is 0 Å². The second-order valence-corrected chi connectivity index (χ2v) is 10.9. The molecule has 132 valence electrons. The van der Waals surface area contributed by atoms with Gasteiger partial charge >= 0.3 is 0 Å². The second-order valence-electron chi connectivity index (χ2n) is 5.04. The lowest BCUT2D eigenvalue weighted by Crippen LogP contribution is -2.02. The first-order valence-electron chi connectivity index (χ1n) is 6.53. The van der Waals surface area contributed by atoms with Crippen molar-refractivity contribution in [3.8, 4) is 0 Å². The number of rotatable bonds is 4. The lowest BCUT2D eigenvalue weighted by molar-refractivity contribution is 0.598. The average Bonchev–Trinajstić information content (AvgIpc) is 2.35. The third-order valence-electron chi connectivity index (χ3n) is 2.37. The Morgan fingerprint density at radius 1 is 0.750 bits per heavy atom. The summed E-state index contributed by atoms with van der Waals surface area (Å²) in [4.78, 5) is 7.99. The van der Waals surface area contributed by atoms with Crippen LogP contribution in [0.5, 0.6) is 0 Å². The third-order valence-corrected chi connectivity index (χ3v) is 4.89. The van der Waals surface area contributed by atoms with Crippen molar-refractivity contribution in [2.45, 2.75) is 11.5 Å². The van der Waals surface area contributed by atoms with Crippen molar-refractivity contribution in [2.75, 3.05) is 12.5 Å². The molecule has 0 aliphatic rings. The van der Waals surface area contributed by atoms with Crippen LogP contribution in [0.3, 0.4) is 0 Å². The van der Waals surface area contributed by atoms with E-state index in [-0.39, 0.29) is 11.5 Å². The van der Waals surface area contributed by atoms with E-state index < -0.39 is 19.7 Å². The molecule has 0 aliphatic heterocycles. The molecule has 0 fully saturated rings. The molecule has 0 N–H and O–H groups in total. The van der Waals surface area contributed by atoms with Crippen molar-refractivity contribution in [2.24, 2.45) is 0 Å². The highest BCUT2D eigenvalue weighted by atomic mass is 79.9. The van der Waals surface area contributed by atoms with E-state index in [1.54, 1.807) is 36.4 Å². The molecule has 2 aromatic heterocycles. The van der Waals surface area contributed by atoms with E-state index in [1.807, 2.05) is 0 Å². The Hall–Kier alpha value is -0.840. The molecule has 24 heavy (non-hydrogen) atoms. The minimum atomic E-state index is -2.98. The van der Waals surface area contributed by atoms with E-state index in [1.165, 1.54) is 12.5 Å². The van der Waals surface area contributed by atoms with Gasteiger partial charge in [0.05, 0.1) is 22.9 Å². The number of pyridine rings is 2. The lowest BCUT2D eigenvalue weighted by Gasteiger charge is -1.97. The van der Waals surface area contributed by atoms with E-state index in [0.29, 0.717) is 20.6 Å². The predicted octanol–water partition coefficient (Wildman–Crippen LogP) is 2.78. The molecule has 0 unspecified atom stereocenters. The van der Waals surface area contributed by atoms with Gasteiger partial charge in [0.15, 0.2) is 19.7 Å². The Labute approximate surface area is 158 Å². The van der Waals surface area contributed by atoms with Crippen LogP contribution in [0.15, 0.2) is 45.6 Å². The number of aromatic nitrogens is 2. The maximum Gasteiger partial charge on any atom is 0.153 e. The first kappa shape index (κ1) is 21.2. The molecule has 10 heteroatoms. The molecule has 0 aliphatic carbocycles. The van der Waals surface area contributed by atoms with E-state index >= 15 is 0 Å². The topological polar surface area (TPSA) is 94.1 Å². The number of hydrogen-bond acceptors (Lipinski definition) is 6. The van der Waals surface area contributed by atoms with Gasteiger partial charge in [0.1, 0.15) is 9.21 Å². The first-order chi connectivity index (χ1) is 10.9. The highest BCUT2D eigenvalue weighted by molar-refractivity contribution is 9.10. The SMILES string of the molecule is CS(=O)(=O)Cc1cccc(Br)n1.CS(=O)(=O)Cc1cccc(Br)n1. The lowest BCUT2D eigenvalue weighted by atomic mass is 10.4. The van der Waals surface area contributed by atoms with Crippen molar-refractivity contribution in [3.05, 3.63) is 57.0 Å². The second kappa shape index (κ2) is 9.02. The largest absolute Gasteiger partial charge is 0.245 e. The van der Waals surface area contributed by atoms with Crippen molar-refractivity contribution >= 4 is 51.5 Å². The van der Waals surface area contributed by atoms with E-state index in [2.05, 4.69) is 41.8 Å². The maximum absolute atomic E-state index is 10.9. The van der Waals surface area contributed by atoms with E-state index in [9.17, 15) is 16.8 Å². The summed E-state index contributed by atoms with van der Waals surface area (Å²) < 4.78 is 44.7. The van der Waals surface area contributed by atoms with Gasteiger partial charge in [0.25, 0.3) is 0 Å².